The van der Waals surface area contributed by atoms with E-state index in [1.54, 1.807) is 6.92 Å². The van der Waals surface area contributed by atoms with Crippen molar-refractivity contribution in [2.45, 2.75) is 24.8 Å². The van der Waals surface area contributed by atoms with E-state index in [2.05, 4.69) is 5.32 Å². The highest BCUT2D eigenvalue weighted by Crippen LogP contribution is 2.26. The van der Waals surface area contributed by atoms with Crippen LogP contribution in [0.1, 0.15) is 12.5 Å². The molecule has 110 valence electrons. The maximum atomic E-state index is 12.7. The molecule has 1 fully saturated rings. The molecule has 7 nitrogen and oxygen atoms in total. The van der Waals surface area contributed by atoms with Gasteiger partial charge in [0.05, 0.1) is 9.82 Å². The number of hydrogen-bond acceptors (Lipinski definition) is 5. The number of nitrogens with zero attached hydrogens (tertiary/aromatic N) is 2. The fourth-order valence-corrected chi connectivity index (χ4v) is 4.16. The molecule has 0 radical (unpaired) electrons. The minimum absolute atomic E-state index is 0.0143. The summed E-state index contributed by atoms with van der Waals surface area (Å²) in [7, 11) is -3.71. The van der Waals surface area contributed by atoms with Crippen molar-refractivity contribution in [2.24, 2.45) is 0 Å². The van der Waals surface area contributed by atoms with Crippen LogP contribution in [0.4, 0.5) is 5.69 Å². The van der Waals surface area contributed by atoms with Gasteiger partial charge < -0.3 is 5.32 Å². The number of non-ortho nitro benzene ring substituents is 1. The zero-order valence-corrected chi connectivity index (χ0v) is 12.2. The Balaban J connectivity index is 2.48. The first kappa shape index (κ1) is 14.9. The molecule has 0 aliphatic carbocycles. The summed E-state index contributed by atoms with van der Waals surface area (Å²) in [4.78, 5) is 10.2. The minimum atomic E-state index is -3.71. The van der Waals surface area contributed by atoms with Crippen LogP contribution in [0.25, 0.3) is 0 Å². The molecule has 0 unspecified atom stereocenters. The minimum Gasteiger partial charge on any atom is -0.314 e. The van der Waals surface area contributed by atoms with Gasteiger partial charge in [-0.15, -0.1) is 0 Å². The Morgan fingerprint density at radius 1 is 1.45 bits per heavy atom. The standard InChI is InChI=1S/C12H17N3O4S/c1-9-3-4-11(15(16)17)7-12(9)20(18,19)14-6-5-13-8-10(14)2/h3-4,7,10,13H,5-6,8H2,1-2H3/t10-/m1/s1. The number of nitro groups is 1. The van der Waals surface area contributed by atoms with Crippen LogP contribution in [-0.4, -0.2) is 43.3 Å². The average molecular weight is 299 g/mol. The van der Waals surface area contributed by atoms with E-state index < -0.39 is 14.9 Å². The van der Waals surface area contributed by atoms with Crippen LogP contribution in [0, 0.1) is 17.0 Å². The van der Waals surface area contributed by atoms with Gasteiger partial charge >= 0.3 is 0 Å². The van der Waals surface area contributed by atoms with E-state index in [9.17, 15) is 18.5 Å². The number of benzene rings is 1. The lowest BCUT2D eigenvalue weighted by atomic mass is 10.2. The van der Waals surface area contributed by atoms with Crippen LogP contribution in [-0.2, 0) is 10.0 Å². The molecule has 1 N–H and O–H groups in total. The van der Waals surface area contributed by atoms with Crippen LogP contribution in [0.5, 0.6) is 0 Å². The summed E-state index contributed by atoms with van der Waals surface area (Å²) in [5.41, 5.74) is 0.304. The average Bonchev–Trinajstić information content (AvgIpc) is 2.39. The summed E-state index contributed by atoms with van der Waals surface area (Å²) >= 11 is 0. The molecular weight excluding hydrogens is 282 g/mol. The largest absolute Gasteiger partial charge is 0.314 e. The summed E-state index contributed by atoms with van der Waals surface area (Å²) in [5.74, 6) is 0. The highest BCUT2D eigenvalue weighted by atomic mass is 32.2. The van der Waals surface area contributed by atoms with E-state index in [1.807, 2.05) is 6.92 Å². The SMILES string of the molecule is Cc1ccc([N+](=O)[O-])cc1S(=O)(=O)N1CCNC[C@H]1C. The van der Waals surface area contributed by atoms with E-state index in [-0.39, 0.29) is 16.6 Å². The summed E-state index contributed by atoms with van der Waals surface area (Å²) in [6, 6.07) is 3.75. The van der Waals surface area contributed by atoms with Crippen LogP contribution in [0.15, 0.2) is 23.1 Å². The zero-order chi connectivity index (χ0) is 14.9. The number of aryl methyl sites for hydroxylation is 1. The third-order valence-electron chi connectivity index (χ3n) is 3.41. The van der Waals surface area contributed by atoms with Crippen molar-refractivity contribution in [3.05, 3.63) is 33.9 Å². The normalized spacial score (nSPS) is 20.8. The summed E-state index contributed by atoms with van der Waals surface area (Å²) in [6.07, 6.45) is 0. The Morgan fingerprint density at radius 2 is 2.15 bits per heavy atom. The van der Waals surface area contributed by atoms with Gasteiger partial charge in [0.1, 0.15) is 0 Å². The highest BCUT2D eigenvalue weighted by Gasteiger charge is 2.32. The molecule has 0 bridgehead atoms. The molecule has 0 saturated carbocycles. The van der Waals surface area contributed by atoms with Gasteiger partial charge in [0, 0.05) is 37.8 Å². The molecule has 8 heteroatoms. The number of sulfonamides is 1. The van der Waals surface area contributed by atoms with Gasteiger partial charge in [0.2, 0.25) is 10.0 Å². The van der Waals surface area contributed by atoms with Crippen molar-refractivity contribution in [3.63, 3.8) is 0 Å². The first-order valence-corrected chi connectivity index (χ1v) is 7.75. The monoisotopic (exact) mass is 299 g/mol. The second kappa shape index (κ2) is 5.47. The topological polar surface area (TPSA) is 92.5 Å². The maximum Gasteiger partial charge on any atom is 0.270 e. The van der Waals surface area contributed by atoms with Gasteiger partial charge in [-0.3, -0.25) is 10.1 Å². The van der Waals surface area contributed by atoms with E-state index in [0.29, 0.717) is 25.2 Å². The van der Waals surface area contributed by atoms with Gasteiger partial charge in [-0.05, 0) is 19.4 Å². The van der Waals surface area contributed by atoms with E-state index in [0.717, 1.165) is 6.07 Å². The molecule has 1 saturated heterocycles. The lowest BCUT2D eigenvalue weighted by Gasteiger charge is -2.33. The lowest BCUT2D eigenvalue weighted by Crippen LogP contribution is -2.52. The molecule has 0 spiro atoms. The second-order valence-corrected chi connectivity index (χ2v) is 6.73. The molecule has 0 amide bonds. The molecule has 1 aromatic carbocycles. The second-order valence-electron chi connectivity index (χ2n) is 4.88. The van der Waals surface area contributed by atoms with Gasteiger partial charge in [0.15, 0.2) is 0 Å². The van der Waals surface area contributed by atoms with Gasteiger partial charge in [-0.2, -0.15) is 4.31 Å². The third kappa shape index (κ3) is 2.67. The van der Waals surface area contributed by atoms with Crippen molar-refractivity contribution < 1.29 is 13.3 Å². The molecule has 1 atom stereocenters. The predicted molar refractivity (Wildman–Crippen MR) is 74.1 cm³/mol. The molecule has 1 aromatic rings. The van der Waals surface area contributed by atoms with Gasteiger partial charge in [0.25, 0.3) is 5.69 Å². The fourth-order valence-electron chi connectivity index (χ4n) is 2.29. The number of rotatable bonds is 3. The third-order valence-corrected chi connectivity index (χ3v) is 5.57. The number of nitro benzene ring substituents is 1. The zero-order valence-electron chi connectivity index (χ0n) is 11.4. The van der Waals surface area contributed by atoms with Crippen LogP contribution in [0.3, 0.4) is 0 Å². The van der Waals surface area contributed by atoms with Crippen molar-refractivity contribution in [1.29, 1.82) is 0 Å². The first-order chi connectivity index (χ1) is 9.34. The predicted octanol–water partition coefficient (Wildman–Crippen LogP) is 0.886. The van der Waals surface area contributed by atoms with Crippen LogP contribution >= 0.6 is 0 Å². The molecule has 1 aliphatic heterocycles. The summed E-state index contributed by atoms with van der Waals surface area (Å²) < 4.78 is 26.7. The molecule has 1 heterocycles. The molecule has 0 aromatic heterocycles. The van der Waals surface area contributed by atoms with Gasteiger partial charge in [-0.1, -0.05) is 6.07 Å². The summed E-state index contributed by atoms with van der Waals surface area (Å²) in [5, 5.41) is 13.9. The fraction of sp³-hybridized carbons (Fsp3) is 0.500. The molecule has 1 aliphatic rings. The smallest absolute Gasteiger partial charge is 0.270 e. The molecular formula is C12H17N3O4S. The first-order valence-electron chi connectivity index (χ1n) is 6.31. The number of piperazine rings is 1. The number of hydrogen-bond donors (Lipinski definition) is 1. The van der Waals surface area contributed by atoms with Crippen molar-refractivity contribution in [1.82, 2.24) is 9.62 Å². The Labute approximate surface area is 117 Å². The van der Waals surface area contributed by atoms with Crippen molar-refractivity contribution >= 4 is 15.7 Å². The number of nitrogens with one attached hydrogen (secondary N) is 1. The molecule has 2 rings (SSSR count). The lowest BCUT2D eigenvalue weighted by molar-refractivity contribution is -0.385. The van der Waals surface area contributed by atoms with Gasteiger partial charge in [-0.25, -0.2) is 8.42 Å². The van der Waals surface area contributed by atoms with Crippen LogP contribution in [0.2, 0.25) is 0 Å². The Bertz CT molecular complexity index is 630. The van der Waals surface area contributed by atoms with E-state index >= 15 is 0 Å². The summed E-state index contributed by atoms with van der Waals surface area (Å²) in [6.45, 7) is 4.98. The van der Waals surface area contributed by atoms with Crippen LogP contribution < -0.4 is 5.32 Å². The quantitative estimate of drug-likeness (QED) is 0.661. The Morgan fingerprint density at radius 3 is 2.75 bits per heavy atom. The Hall–Kier alpha value is -1.51. The maximum absolute atomic E-state index is 12.7. The van der Waals surface area contributed by atoms with Crippen molar-refractivity contribution in [2.75, 3.05) is 19.6 Å². The van der Waals surface area contributed by atoms with E-state index in [1.165, 1.54) is 16.4 Å². The molecule has 20 heavy (non-hydrogen) atoms. The van der Waals surface area contributed by atoms with Crippen molar-refractivity contribution in [3.8, 4) is 0 Å². The highest BCUT2D eigenvalue weighted by molar-refractivity contribution is 7.89. The van der Waals surface area contributed by atoms with E-state index in [4.69, 9.17) is 0 Å². The Kier molecular flexibility index (Phi) is 4.07.